The van der Waals surface area contributed by atoms with Crippen molar-refractivity contribution in [2.45, 2.75) is 12.0 Å². The molecule has 88 valence electrons. The lowest BCUT2D eigenvalue weighted by atomic mass is 9.87. The molecule has 3 nitrogen and oxygen atoms in total. The third kappa shape index (κ3) is 1.97. The first-order valence-corrected chi connectivity index (χ1v) is 5.34. The van der Waals surface area contributed by atoms with Gasteiger partial charge in [-0.25, -0.2) is 0 Å². The Hall–Kier alpha value is -2.00. The maximum atomic E-state index is 10.7. The summed E-state index contributed by atoms with van der Waals surface area (Å²) in [5.74, 6) is 0.423. The Labute approximate surface area is 99.6 Å². The first-order chi connectivity index (χ1) is 8.18. The van der Waals surface area contributed by atoms with Crippen LogP contribution in [0.4, 0.5) is 0 Å². The average molecular weight is 230 g/mol. The highest BCUT2D eigenvalue weighted by Gasteiger charge is 2.35. The third-order valence-corrected chi connectivity index (χ3v) is 2.72. The maximum absolute atomic E-state index is 10.7. The number of aliphatic hydroxyl groups is 1. The number of phenolic OH excluding ortho intramolecular Hbond substituents is 1. The number of rotatable bonds is 4. The molecule has 1 atom stereocenters. The Balaban J connectivity index is 2.56. The van der Waals surface area contributed by atoms with E-state index in [2.05, 4.69) is 6.58 Å². The standard InChI is InChI=1S/C14H14O3/c1-2-9-14(16,13-8-5-10-17-13)11-6-3-4-7-12(11)15/h2-8,10,15-16H,1,9H2/t14-/m1/s1. The maximum Gasteiger partial charge on any atom is 0.154 e. The lowest BCUT2D eigenvalue weighted by molar-refractivity contribution is 0.0574. The summed E-state index contributed by atoms with van der Waals surface area (Å²) in [6.07, 6.45) is 3.34. The Kier molecular flexibility index (Phi) is 3.02. The van der Waals surface area contributed by atoms with E-state index in [0.29, 0.717) is 11.3 Å². The summed E-state index contributed by atoms with van der Waals surface area (Å²) in [6.45, 7) is 3.63. The van der Waals surface area contributed by atoms with Gasteiger partial charge in [0.2, 0.25) is 0 Å². The van der Waals surface area contributed by atoms with Crippen LogP contribution >= 0.6 is 0 Å². The van der Waals surface area contributed by atoms with Crippen LogP contribution in [0.15, 0.2) is 59.7 Å². The second kappa shape index (κ2) is 4.47. The molecular formula is C14H14O3. The van der Waals surface area contributed by atoms with Gasteiger partial charge in [-0.1, -0.05) is 24.3 Å². The first-order valence-electron chi connectivity index (χ1n) is 5.34. The summed E-state index contributed by atoms with van der Waals surface area (Å²) in [5, 5.41) is 20.5. The summed E-state index contributed by atoms with van der Waals surface area (Å²) < 4.78 is 5.25. The molecule has 0 aliphatic carbocycles. The molecule has 3 heteroatoms. The van der Waals surface area contributed by atoms with E-state index in [1.165, 1.54) is 12.3 Å². The number of para-hydroxylation sites is 1. The van der Waals surface area contributed by atoms with Crippen LogP contribution in [0.25, 0.3) is 0 Å². The van der Waals surface area contributed by atoms with Crippen LogP contribution in [0.2, 0.25) is 0 Å². The van der Waals surface area contributed by atoms with Crippen molar-refractivity contribution < 1.29 is 14.6 Å². The normalized spacial score (nSPS) is 14.2. The Bertz CT molecular complexity index is 502. The average Bonchev–Trinajstić information content (AvgIpc) is 2.83. The van der Waals surface area contributed by atoms with Gasteiger partial charge in [-0.05, 0) is 18.2 Å². The van der Waals surface area contributed by atoms with Crippen molar-refractivity contribution in [1.82, 2.24) is 0 Å². The quantitative estimate of drug-likeness (QED) is 0.794. The second-order valence-corrected chi connectivity index (χ2v) is 3.85. The molecule has 0 unspecified atom stereocenters. The molecule has 0 amide bonds. The van der Waals surface area contributed by atoms with E-state index in [1.807, 2.05) is 0 Å². The van der Waals surface area contributed by atoms with Gasteiger partial charge in [0.25, 0.3) is 0 Å². The number of benzene rings is 1. The number of phenols is 1. The number of furan rings is 1. The number of hydrogen-bond acceptors (Lipinski definition) is 3. The summed E-state index contributed by atoms with van der Waals surface area (Å²) in [6, 6.07) is 10.0. The first kappa shape index (κ1) is 11.5. The topological polar surface area (TPSA) is 53.6 Å². The van der Waals surface area contributed by atoms with E-state index in [1.54, 1.807) is 36.4 Å². The fraction of sp³-hybridized carbons (Fsp3) is 0.143. The highest BCUT2D eigenvalue weighted by Crippen LogP contribution is 2.38. The number of aromatic hydroxyl groups is 1. The van der Waals surface area contributed by atoms with Crippen LogP contribution in [0.1, 0.15) is 17.7 Å². The van der Waals surface area contributed by atoms with Crippen LogP contribution in [0.3, 0.4) is 0 Å². The molecular weight excluding hydrogens is 216 g/mol. The van der Waals surface area contributed by atoms with Gasteiger partial charge in [-0.3, -0.25) is 0 Å². The smallest absolute Gasteiger partial charge is 0.154 e. The molecule has 1 aromatic carbocycles. The van der Waals surface area contributed by atoms with Gasteiger partial charge in [0.15, 0.2) is 5.60 Å². The van der Waals surface area contributed by atoms with Gasteiger partial charge in [0, 0.05) is 12.0 Å². The lowest BCUT2D eigenvalue weighted by Crippen LogP contribution is -2.26. The van der Waals surface area contributed by atoms with Crippen LogP contribution in [-0.4, -0.2) is 10.2 Å². The molecule has 1 aromatic heterocycles. The molecule has 2 N–H and O–H groups in total. The van der Waals surface area contributed by atoms with Crippen LogP contribution in [-0.2, 0) is 5.60 Å². The minimum absolute atomic E-state index is 0.0354. The summed E-state index contributed by atoms with van der Waals surface area (Å²) in [7, 11) is 0. The molecule has 0 radical (unpaired) electrons. The molecule has 17 heavy (non-hydrogen) atoms. The van der Waals surface area contributed by atoms with E-state index in [0.717, 1.165) is 0 Å². The van der Waals surface area contributed by atoms with Gasteiger partial charge < -0.3 is 14.6 Å². The lowest BCUT2D eigenvalue weighted by Gasteiger charge is -2.25. The van der Waals surface area contributed by atoms with Gasteiger partial charge in [0.1, 0.15) is 11.5 Å². The molecule has 0 saturated heterocycles. The van der Waals surface area contributed by atoms with E-state index < -0.39 is 5.60 Å². The third-order valence-electron chi connectivity index (χ3n) is 2.72. The molecule has 0 aliphatic rings. The van der Waals surface area contributed by atoms with Gasteiger partial charge in [0.05, 0.1) is 6.26 Å². The van der Waals surface area contributed by atoms with Crippen molar-refractivity contribution in [1.29, 1.82) is 0 Å². The SMILES string of the molecule is C=CC[C@](O)(c1ccco1)c1ccccc1O. The van der Waals surface area contributed by atoms with Crippen molar-refractivity contribution in [2.24, 2.45) is 0 Å². The van der Waals surface area contributed by atoms with Crippen molar-refractivity contribution in [2.75, 3.05) is 0 Å². The highest BCUT2D eigenvalue weighted by atomic mass is 16.4. The van der Waals surface area contributed by atoms with Crippen molar-refractivity contribution in [3.05, 3.63) is 66.6 Å². The number of hydrogen-bond donors (Lipinski definition) is 2. The summed E-state index contributed by atoms with van der Waals surface area (Å²) >= 11 is 0. The van der Waals surface area contributed by atoms with Crippen molar-refractivity contribution >= 4 is 0 Å². The van der Waals surface area contributed by atoms with Gasteiger partial charge in [-0.15, -0.1) is 6.58 Å². The monoisotopic (exact) mass is 230 g/mol. The van der Waals surface area contributed by atoms with Crippen LogP contribution in [0, 0.1) is 0 Å². The zero-order valence-electron chi connectivity index (χ0n) is 9.34. The predicted molar refractivity (Wildman–Crippen MR) is 64.6 cm³/mol. The molecule has 1 heterocycles. The molecule has 0 spiro atoms. The molecule has 2 aromatic rings. The molecule has 0 saturated carbocycles. The zero-order chi connectivity index (χ0) is 12.3. The van der Waals surface area contributed by atoms with E-state index >= 15 is 0 Å². The van der Waals surface area contributed by atoms with Gasteiger partial charge >= 0.3 is 0 Å². The predicted octanol–water partition coefficient (Wildman–Crippen LogP) is 2.80. The Morgan fingerprint density at radius 3 is 2.59 bits per heavy atom. The zero-order valence-corrected chi connectivity index (χ0v) is 9.34. The van der Waals surface area contributed by atoms with Crippen molar-refractivity contribution in [3.63, 3.8) is 0 Å². The Morgan fingerprint density at radius 1 is 1.24 bits per heavy atom. The van der Waals surface area contributed by atoms with Gasteiger partial charge in [-0.2, -0.15) is 0 Å². The minimum atomic E-state index is -1.38. The fourth-order valence-corrected chi connectivity index (χ4v) is 1.89. The summed E-state index contributed by atoms with van der Waals surface area (Å²) in [5.41, 5.74) is -0.966. The molecule has 0 aliphatic heterocycles. The van der Waals surface area contributed by atoms with E-state index in [4.69, 9.17) is 4.42 Å². The Morgan fingerprint density at radius 2 is 2.00 bits per heavy atom. The molecule has 0 bridgehead atoms. The largest absolute Gasteiger partial charge is 0.508 e. The minimum Gasteiger partial charge on any atom is -0.508 e. The van der Waals surface area contributed by atoms with E-state index in [-0.39, 0.29) is 12.2 Å². The summed E-state index contributed by atoms with van der Waals surface area (Å²) in [4.78, 5) is 0. The van der Waals surface area contributed by atoms with Crippen molar-refractivity contribution in [3.8, 4) is 5.75 Å². The highest BCUT2D eigenvalue weighted by molar-refractivity contribution is 5.41. The molecule has 0 fully saturated rings. The van der Waals surface area contributed by atoms with Crippen LogP contribution in [0.5, 0.6) is 5.75 Å². The molecule has 2 rings (SSSR count). The second-order valence-electron chi connectivity index (χ2n) is 3.85. The van der Waals surface area contributed by atoms with Crippen LogP contribution < -0.4 is 0 Å². The fourth-order valence-electron chi connectivity index (χ4n) is 1.89. The van der Waals surface area contributed by atoms with E-state index in [9.17, 15) is 10.2 Å².